The number of nitrogens with zero attached hydrogens (tertiary/aromatic N) is 5. The molecule has 0 spiro atoms. The quantitative estimate of drug-likeness (QED) is 0.519. The summed E-state index contributed by atoms with van der Waals surface area (Å²) in [5.74, 6) is 1.23. The van der Waals surface area contributed by atoms with E-state index in [1.807, 2.05) is 12.1 Å². The van der Waals surface area contributed by atoms with Gasteiger partial charge in [0.05, 0.1) is 15.4 Å². The average molecular weight is 405 g/mol. The maximum Gasteiger partial charge on any atom is 0.255 e. The van der Waals surface area contributed by atoms with Gasteiger partial charge in [0.25, 0.3) is 5.95 Å². The molecule has 3 aromatic heterocycles. The van der Waals surface area contributed by atoms with Gasteiger partial charge in [-0.1, -0.05) is 36.2 Å². The highest BCUT2D eigenvalue weighted by molar-refractivity contribution is 7.18. The van der Waals surface area contributed by atoms with Crippen LogP contribution in [0.2, 0.25) is 10.0 Å². The molecule has 0 unspecified atom stereocenters. The second-order valence-electron chi connectivity index (χ2n) is 5.60. The number of halogens is 2. The van der Waals surface area contributed by atoms with Gasteiger partial charge in [-0.05, 0) is 30.2 Å². The van der Waals surface area contributed by atoms with E-state index in [4.69, 9.17) is 23.2 Å². The van der Waals surface area contributed by atoms with E-state index < -0.39 is 0 Å². The van der Waals surface area contributed by atoms with Crippen LogP contribution in [-0.4, -0.2) is 24.7 Å². The van der Waals surface area contributed by atoms with Gasteiger partial charge in [0, 0.05) is 11.4 Å². The lowest BCUT2D eigenvalue weighted by molar-refractivity contribution is 0.815. The van der Waals surface area contributed by atoms with Crippen molar-refractivity contribution in [2.45, 2.75) is 19.9 Å². The van der Waals surface area contributed by atoms with Gasteiger partial charge in [0.1, 0.15) is 23.3 Å². The third-order valence-corrected chi connectivity index (χ3v) is 5.76. The summed E-state index contributed by atoms with van der Waals surface area (Å²) in [4.78, 5) is 15.4. The van der Waals surface area contributed by atoms with Crippen molar-refractivity contribution < 1.29 is 0 Å². The largest absolute Gasteiger partial charge is 0.365 e. The summed E-state index contributed by atoms with van der Waals surface area (Å²) in [6.45, 7) is 2.69. The molecule has 0 aliphatic carbocycles. The van der Waals surface area contributed by atoms with E-state index in [-0.39, 0.29) is 0 Å². The van der Waals surface area contributed by atoms with E-state index in [0.29, 0.717) is 22.5 Å². The van der Waals surface area contributed by atoms with Crippen molar-refractivity contribution in [1.29, 1.82) is 0 Å². The van der Waals surface area contributed by atoms with Gasteiger partial charge in [-0.3, -0.25) is 0 Å². The molecule has 6 nitrogen and oxygen atoms in total. The highest BCUT2D eigenvalue weighted by atomic mass is 35.5. The molecule has 0 amide bonds. The Balaban J connectivity index is 1.71. The Morgan fingerprint density at radius 3 is 2.77 bits per heavy atom. The van der Waals surface area contributed by atoms with Gasteiger partial charge in [0.2, 0.25) is 0 Å². The molecule has 4 rings (SSSR count). The number of rotatable bonds is 5. The molecule has 1 aromatic carbocycles. The fourth-order valence-electron chi connectivity index (χ4n) is 2.52. The monoisotopic (exact) mass is 404 g/mol. The zero-order valence-corrected chi connectivity index (χ0v) is 16.1. The highest BCUT2D eigenvalue weighted by Gasteiger charge is 2.13. The van der Waals surface area contributed by atoms with E-state index >= 15 is 0 Å². The maximum atomic E-state index is 6.10. The van der Waals surface area contributed by atoms with Gasteiger partial charge >= 0.3 is 0 Å². The van der Waals surface area contributed by atoms with Crippen molar-refractivity contribution in [3.05, 3.63) is 57.4 Å². The molecule has 0 atom stereocenters. The normalized spacial score (nSPS) is 11.2. The Morgan fingerprint density at radius 1 is 1.15 bits per heavy atom. The number of thiophene rings is 1. The molecule has 0 radical (unpaired) electrons. The lowest BCUT2D eigenvalue weighted by Crippen LogP contribution is -2.07. The smallest absolute Gasteiger partial charge is 0.255 e. The summed E-state index contributed by atoms with van der Waals surface area (Å²) >= 11 is 13.7. The van der Waals surface area contributed by atoms with E-state index in [2.05, 4.69) is 38.4 Å². The van der Waals surface area contributed by atoms with Crippen LogP contribution < -0.4 is 5.32 Å². The minimum absolute atomic E-state index is 0.483. The molecule has 0 fully saturated rings. The van der Waals surface area contributed by atoms with Gasteiger partial charge < -0.3 is 5.32 Å². The molecule has 4 aromatic rings. The van der Waals surface area contributed by atoms with Crippen LogP contribution in [0.5, 0.6) is 0 Å². The first-order valence-electron chi connectivity index (χ1n) is 7.97. The molecule has 0 saturated heterocycles. The molecule has 0 aliphatic rings. The molecule has 0 aliphatic heterocycles. The Morgan fingerprint density at radius 2 is 2.04 bits per heavy atom. The van der Waals surface area contributed by atoms with E-state index in [9.17, 15) is 0 Å². The van der Waals surface area contributed by atoms with Crippen LogP contribution in [-0.2, 0) is 13.0 Å². The Labute approximate surface area is 163 Å². The first-order chi connectivity index (χ1) is 12.6. The molecule has 0 bridgehead atoms. The van der Waals surface area contributed by atoms with Crippen molar-refractivity contribution in [1.82, 2.24) is 24.7 Å². The standard InChI is InChI=1S/C17H14Cl2N6S/c1-2-11-6-12-15(21-7-10-3-4-13(18)14(19)5-10)23-17(24-16(12)26-11)25-9-20-8-22-25/h3-6,8-9H,2,7H2,1H3,(H,21,23,24). The van der Waals surface area contributed by atoms with Crippen molar-refractivity contribution in [3.8, 4) is 5.95 Å². The van der Waals surface area contributed by atoms with Crippen LogP contribution in [0.25, 0.3) is 16.2 Å². The molecule has 0 saturated carbocycles. The minimum atomic E-state index is 0.483. The number of nitrogens with one attached hydrogen (secondary N) is 1. The minimum Gasteiger partial charge on any atom is -0.365 e. The van der Waals surface area contributed by atoms with E-state index in [1.54, 1.807) is 28.4 Å². The SMILES string of the molecule is CCc1cc2c(NCc3ccc(Cl)c(Cl)c3)nc(-n3cncn3)nc2s1. The molecular formula is C17H14Cl2N6S. The number of aryl methyl sites for hydroxylation is 1. The summed E-state index contributed by atoms with van der Waals surface area (Å²) in [5.41, 5.74) is 1.01. The zero-order chi connectivity index (χ0) is 18.1. The van der Waals surface area contributed by atoms with Gasteiger partial charge in [-0.25, -0.2) is 4.98 Å². The van der Waals surface area contributed by atoms with Crippen molar-refractivity contribution in [2.24, 2.45) is 0 Å². The van der Waals surface area contributed by atoms with Crippen LogP contribution in [0, 0.1) is 0 Å². The van der Waals surface area contributed by atoms with Crippen molar-refractivity contribution in [3.63, 3.8) is 0 Å². The van der Waals surface area contributed by atoms with Crippen LogP contribution in [0.3, 0.4) is 0 Å². The van der Waals surface area contributed by atoms with E-state index in [1.165, 1.54) is 11.2 Å². The number of anilines is 1. The Bertz CT molecular complexity index is 1060. The first-order valence-corrected chi connectivity index (χ1v) is 9.54. The summed E-state index contributed by atoms with van der Waals surface area (Å²) in [6, 6.07) is 7.70. The number of aromatic nitrogens is 5. The number of benzene rings is 1. The lowest BCUT2D eigenvalue weighted by Gasteiger charge is -2.09. The third-order valence-electron chi connectivity index (χ3n) is 3.85. The van der Waals surface area contributed by atoms with Crippen LogP contribution >= 0.6 is 34.5 Å². The Hall–Kier alpha value is -2.22. The maximum absolute atomic E-state index is 6.10. The zero-order valence-electron chi connectivity index (χ0n) is 13.8. The van der Waals surface area contributed by atoms with Crippen molar-refractivity contribution in [2.75, 3.05) is 5.32 Å². The highest BCUT2D eigenvalue weighted by Crippen LogP contribution is 2.30. The summed E-state index contributed by atoms with van der Waals surface area (Å²) in [5, 5.41) is 9.58. The second-order valence-corrected chi connectivity index (χ2v) is 7.53. The van der Waals surface area contributed by atoms with Crippen LogP contribution in [0.15, 0.2) is 36.9 Å². The fraction of sp³-hybridized carbons (Fsp3) is 0.176. The fourth-order valence-corrected chi connectivity index (χ4v) is 3.80. The third kappa shape index (κ3) is 3.38. The topological polar surface area (TPSA) is 68.5 Å². The number of hydrogen-bond donors (Lipinski definition) is 1. The van der Waals surface area contributed by atoms with E-state index in [0.717, 1.165) is 28.0 Å². The van der Waals surface area contributed by atoms with Gasteiger partial charge in [-0.2, -0.15) is 19.7 Å². The predicted octanol–water partition coefficient (Wildman–Crippen LogP) is 4.75. The molecule has 1 N–H and O–H groups in total. The molecule has 9 heteroatoms. The van der Waals surface area contributed by atoms with Crippen molar-refractivity contribution >= 4 is 50.6 Å². The summed E-state index contributed by atoms with van der Waals surface area (Å²) in [6.07, 6.45) is 3.99. The van der Waals surface area contributed by atoms with Gasteiger partial charge in [-0.15, -0.1) is 11.3 Å². The number of fused-ring (bicyclic) bond motifs is 1. The molecule has 132 valence electrons. The summed E-state index contributed by atoms with van der Waals surface area (Å²) in [7, 11) is 0. The average Bonchev–Trinajstić information content (AvgIpc) is 3.31. The number of hydrogen-bond acceptors (Lipinski definition) is 6. The predicted molar refractivity (Wildman–Crippen MR) is 105 cm³/mol. The molecular weight excluding hydrogens is 391 g/mol. The lowest BCUT2D eigenvalue weighted by atomic mass is 10.2. The molecule has 26 heavy (non-hydrogen) atoms. The van der Waals surface area contributed by atoms with Gasteiger partial charge in [0.15, 0.2) is 0 Å². The second kappa shape index (κ2) is 7.19. The van der Waals surface area contributed by atoms with Crippen LogP contribution in [0.1, 0.15) is 17.4 Å². The molecule has 3 heterocycles. The summed E-state index contributed by atoms with van der Waals surface area (Å²) < 4.78 is 1.55. The Kier molecular flexibility index (Phi) is 4.76. The van der Waals surface area contributed by atoms with Crippen LogP contribution in [0.4, 0.5) is 5.82 Å². The first kappa shape index (κ1) is 17.2.